The number of rotatable bonds is 6. The van der Waals surface area contributed by atoms with Crippen LogP contribution in [0, 0.1) is 0 Å². The highest BCUT2D eigenvalue weighted by atomic mass is 32.1. The molecular formula is C21H20N4O2S. The summed E-state index contributed by atoms with van der Waals surface area (Å²) in [6.07, 6.45) is 0.945. The lowest BCUT2D eigenvalue weighted by Crippen LogP contribution is -2.38. The lowest BCUT2D eigenvalue weighted by atomic mass is 10.2. The molecule has 0 atom stereocenters. The summed E-state index contributed by atoms with van der Waals surface area (Å²) in [5.41, 5.74) is 1.23. The van der Waals surface area contributed by atoms with Crippen LogP contribution < -0.4 is 16.6 Å². The average Bonchev–Trinajstić information content (AvgIpc) is 3.16. The van der Waals surface area contributed by atoms with Crippen LogP contribution in [0.15, 0.2) is 70.3 Å². The van der Waals surface area contributed by atoms with Gasteiger partial charge in [0.05, 0.1) is 12.2 Å². The van der Waals surface area contributed by atoms with Gasteiger partial charge >= 0.3 is 5.69 Å². The fourth-order valence-corrected chi connectivity index (χ4v) is 3.98. The van der Waals surface area contributed by atoms with E-state index in [-0.39, 0.29) is 11.2 Å². The molecule has 7 heteroatoms. The fraction of sp³-hybridized carbons (Fsp3) is 0.190. The molecule has 0 aliphatic carbocycles. The van der Waals surface area contributed by atoms with E-state index in [0.29, 0.717) is 27.7 Å². The Bertz CT molecular complexity index is 1210. The van der Waals surface area contributed by atoms with Gasteiger partial charge in [0.15, 0.2) is 10.8 Å². The van der Waals surface area contributed by atoms with Crippen molar-refractivity contribution >= 4 is 26.8 Å². The Labute approximate surface area is 165 Å². The van der Waals surface area contributed by atoms with Crippen molar-refractivity contribution in [3.63, 3.8) is 0 Å². The third-order valence-electron chi connectivity index (χ3n) is 4.41. The fourth-order valence-electron chi connectivity index (χ4n) is 3.05. The largest absolute Gasteiger partial charge is 0.361 e. The maximum absolute atomic E-state index is 13.3. The molecule has 0 bridgehead atoms. The Morgan fingerprint density at radius 2 is 1.68 bits per heavy atom. The molecule has 2 aromatic carbocycles. The number of thiazole rings is 1. The number of benzene rings is 2. The molecule has 0 radical (unpaired) electrons. The van der Waals surface area contributed by atoms with Gasteiger partial charge in [0, 0.05) is 6.54 Å². The van der Waals surface area contributed by atoms with E-state index in [1.54, 1.807) is 16.7 Å². The lowest BCUT2D eigenvalue weighted by molar-refractivity contribution is 0.709. The van der Waals surface area contributed by atoms with E-state index >= 15 is 0 Å². The Kier molecular flexibility index (Phi) is 5.08. The number of nitrogens with zero attached hydrogens (tertiary/aromatic N) is 3. The molecule has 28 heavy (non-hydrogen) atoms. The minimum atomic E-state index is -0.389. The minimum absolute atomic E-state index is 0.336. The first-order valence-corrected chi connectivity index (χ1v) is 10.0. The summed E-state index contributed by atoms with van der Waals surface area (Å²) in [7, 11) is 0. The number of hydrogen-bond acceptors (Lipinski definition) is 5. The molecule has 4 aromatic rings. The van der Waals surface area contributed by atoms with Crippen molar-refractivity contribution in [3.05, 3.63) is 87.1 Å². The number of anilines is 1. The van der Waals surface area contributed by atoms with Crippen LogP contribution in [-0.2, 0) is 6.54 Å². The Morgan fingerprint density at radius 3 is 2.36 bits per heavy atom. The molecule has 0 aliphatic heterocycles. The van der Waals surface area contributed by atoms with E-state index in [1.165, 1.54) is 15.9 Å². The van der Waals surface area contributed by atoms with Crippen LogP contribution in [0.1, 0.15) is 18.9 Å². The molecule has 0 spiro atoms. The third-order valence-corrected chi connectivity index (χ3v) is 5.40. The van der Waals surface area contributed by atoms with Gasteiger partial charge in [-0.3, -0.25) is 9.36 Å². The van der Waals surface area contributed by atoms with Gasteiger partial charge in [0.25, 0.3) is 5.56 Å². The van der Waals surface area contributed by atoms with Crippen LogP contribution in [0.2, 0.25) is 0 Å². The van der Waals surface area contributed by atoms with Gasteiger partial charge in [-0.05, 0) is 24.1 Å². The van der Waals surface area contributed by atoms with Crippen molar-refractivity contribution in [1.29, 1.82) is 0 Å². The monoisotopic (exact) mass is 392 g/mol. The summed E-state index contributed by atoms with van der Waals surface area (Å²) in [6.45, 7) is 3.17. The molecule has 142 valence electrons. The van der Waals surface area contributed by atoms with Crippen molar-refractivity contribution in [2.24, 2.45) is 0 Å². The van der Waals surface area contributed by atoms with Crippen LogP contribution in [0.5, 0.6) is 0 Å². The summed E-state index contributed by atoms with van der Waals surface area (Å²) in [5.74, 6) is 0. The Balaban J connectivity index is 1.97. The normalized spacial score (nSPS) is 11.0. The molecule has 0 amide bonds. The van der Waals surface area contributed by atoms with Gasteiger partial charge < -0.3 is 5.32 Å². The van der Waals surface area contributed by atoms with Gasteiger partial charge in [-0.2, -0.15) is 0 Å². The smallest absolute Gasteiger partial charge is 0.337 e. The molecular weight excluding hydrogens is 372 g/mol. The molecule has 0 fully saturated rings. The average molecular weight is 392 g/mol. The molecule has 0 saturated carbocycles. The zero-order chi connectivity index (χ0) is 19.5. The molecule has 0 unspecified atom stereocenters. The maximum Gasteiger partial charge on any atom is 0.337 e. The van der Waals surface area contributed by atoms with E-state index in [4.69, 9.17) is 0 Å². The SMILES string of the molecule is CCCNc1nc2c(s1)c(=O)n(-c1ccccc1)c(=O)n2Cc1ccccc1. The van der Waals surface area contributed by atoms with Crippen molar-refractivity contribution in [2.45, 2.75) is 19.9 Å². The number of aromatic nitrogens is 3. The molecule has 2 heterocycles. The van der Waals surface area contributed by atoms with E-state index in [2.05, 4.69) is 17.2 Å². The molecule has 0 aliphatic rings. The van der Waals surface area contributed by atoms with Crippen LogP contribution in [0.3, 0.4) is 0 Å². The summed E-state index contributed by atoms with van der Waals surface area (Å²) < 4.78 is 3.28. The van der Waals surface area contributed by atoms with Crippen molar-refractivity contribution < 1.29 is 0 Å². The highest BCUT2D eigenvalue weighted by Crippen LogP contribution is 2.23. The van der Waals surface area contributed by atoms with Crippen LogP contribution >= 0.6 is 11.3 Å². The maximum atomic E-state index is 13.3. The quantitative estimate of drug-likeness (QED) is 0.545. The molecule has 0 saturated heterocycles. The summed E-state index contributed by atoms with van der Waals surface area (Å²) in [6, 6.07) is 18.7. The van der Waals surface area contributed by atoms with E-state index < -0.39 is 0 Å². The van der Waals surface area contributed by atoms with Gasteiger partial charge in [-0.15, -0.1) is 0 Å². The number of para-hydroxylation sites is 1. The van der Waals surface area contributed by atoms with Crippen LogP contribution in [0.25, 0.3) is 16.0 Å². The van der Waals surface area contributed by atoms with Crippen molar-refractivity contribution in [1.82, 2.24) is 14.1 Å². The van der Waals surface area contributed by atoms with E-state index in [0.717, 1.165) is 18.5 Å². The predicted octanol–water partition coefficient (Wildman–Crippen LogP) is 3.48. The topological polar surface area (TPSA) is 68.9 Å². The molecule has 2 aromatic heterocycles. The minimum Gasteiger partial charge on any atom is -0.361 e. The molecule has 6 nitrogen and oxygen atoms in total. The zero-order valence-corrected chi connectivity index (χ0v) is 16.3. The van der Waals surface area contributed by atoms with E-state index in [1.807, 2.05) is 48.5 Å². The van der Waals surface area contributed by atoms with Gasteiger partial charge in [-0.25, -0.2) is 14.3 Å². The second-order valence-electron chi connectivity index (χ2n) is 6.43. The predicted molar refractivity (Wildman–Crippen MR) is 114 cm³/mol. The van der Waals surface area contributed by atoms with Crippen molar-refractivity contribution in [3.8, 4) is 5.69 Å². The second kappa shape index (κ2) is 7.82. The number of nitrogens with one attached hydrogen (secondary N) is 1. The first-order valence-electron chi connectivity index (χ1n) is 9.18. The zero-order valence-electron chi connectivity index (χ0n) is 15.5. The number of fused-ring (bicyclic) bond motifs is 1. The highest BCUT2D eigenvalue weighted by Gasteiger charge is 2.19. The van der Waals surface area contributed by atoms with Crippen molar-refractivity contribution in [2.75, 3.05) is 11.9 Å². The lowest BCUT2D eigenvalue weighted by Gasteiger charge is -2.11. The summed E-state index contributed by atoms with van der Waals surface area (Å²) >= 11 is 1.29. The first kappa shape index (κ1) is 18.2. The van der Waals surface area contributed by atoms with Gasteiger partial charge in [-0.1, -0.05) is 66.8 Å². The van der Waals surface area contributed by atoms with Crippen LogP contribution in [-0.4, -0.2) is 20.7 Å². The molecule has 1 N–H and O–H groups in total. The van der Waals surface area contributed by atoms with Gasteiger partial charge in [0.2, 0.25) is 0 Å². The second-order valence-corrected chi connectivity index (χ2v) is 7.43. The standard InChI is InChI=1S/C21H20N4O2S/c1-2-13-22-20-23-18-17(28-20)19(26)25(16-11-7-4-8-12-16)21(27)24(18)14-15-9-5-3-6-10-15/h3-12H,2,13-14H2,1H3,(H,22,23). The Hall–Kier alpha value is -3.19. The summed E-state index contributed by atoms with van der Waals surface area (Å²) in [5, 5.41) is 3.88. The van der Waals surface area contributed by atoms with E-state index in [9.17, 15) is 9.59 Å². The highest BCUT2D eigenvalue weighted by molar-refractivity contribution is 7.22. The number of hydrogen-bond donors (Lipinski definition) is 1. The van der Waals surface area contributed by atoms with Crippen LogP contribution in [0.4, 0.5) is 5.13 Å². The Morgan fingerprint density at radius 1 is 1.00 bits per heavy atom. The molecule has 4 rings (SSSR count). The van der Waals surface area contributed by atoms with Gasteiger partial charge in [0.1, 0.15) is 4.70 Å². The summed E-state index contributed by atoms with van der Waals surface area (Å²) in [4.78, 5) is 31.0. The third kappa shape index (κ3) is 3.36. The first-order chi connectivity index (χ1) is 13.7.